The van der Waals surface area contributed by atoms with Gasteiger partial charge in [0.2, 0.25) is 5.95 Å². The van der Waals surface area contributed by atoms with Crippen LogP contribution in [0.2, 0.25) is 0 Å². The van der Waals surface area contributed by atoms with Crippen LogP contribution in [-0.2, 0) is 6.42 Å². The molecule has 2 aromatic carbocycles. The Morgan fingerprint density at radius 1 is 1.15 bits per heavy atom. The van der Waals surface area contributed by atoms with E-state index in [2.05, 4.69) is 25.8 Å². The van der Waals surface area contributed by atoms with Crippen molar-refractivity contribution in [2.75, 3.05) is 17.2 Å². The van der Waals surface area contributed by atoms with Gasteiger partial charge in [0.25, 0.3) is 0 Å². The van der Waals surface area contributed by atoms with E-state index in [4.69, 9.17) is 0 Å². The molecule has 7 heteroatoms. The van der Waals surface area contributed by atoms with Crippen LogP contribution in [0, 0.1) is 5.82 Å². The number of rotatable bonds is 7. The van der Waals surface area contributed by atoms with Gasteiger partial charge in [0.15, 0.2) is 11.6 Å². The lowest BCUT2D eigenvalue weighted by molar-refractivity contribution is 0.101. The first-order chi connectivity index (χ1) is 12.6. The first kappa shape index (κ1) is 17.5. The molecule has 1 heterocycles. The lowest BCUT2D eigenvalue weighted by Crippen LogP contribution is -2.09. The first-order valence-corrected chi connectivity index (χ1v) is 8.16. The number of anilines is 3. The summed E-state index contributed by atoms with van der Waals surface area (Å²) in [6, 6.07) is 13.5. The molecule has 0 atom stereocenters. The molecule has 2 N–H and O–H groups in total. The summed E-state index contributed by atoms with van der Waals surface area (Å²) in [6.07, 6.45) is 2.22. The van der Waals surface area contributed by atoms with E-state index in [1.807, 2.05) is 6.07 Å². The quantitative estimate of drug-likeness (QED) is 0.633. The van der Waals surface area contributed by atoms with Crippen LogP contribution in [0.4, 0.5) is 21.8 Å². The number of nitrogens with one attached hydrogen (secondary N) is 2. The molecule has 1 aromatic heterocycles. The minimum absolute atomic E-state index is 0.00221. The fourth-order valence-electron chi connectivity index (χ4n) is 2.37. The molecule has 26 heavy (non-hydrogen) atoms. The SMILES string of the molecule is CC(=O)c1cccc(Nc2cnnc(NCCc3ccc(F)cc3)n2)c1. The topological polar surface area (TPSA) is 79.8 Å². The van der Waals surface area contributed by atoms with Gasteiger partial charge in [-0.25, -0.2) is 4.39 Å². The van der Waals surface area contributed by atoms with Gasteiger partial charge >= 0.3 is 0 Å². The summed E-state index contributed by atoms with van der Waals surface area (Å²) in [5.41, 5.74) is 2.38. The largest absolute Gasteiger partial charge is 0.353 e. The Morgan fingerprint density at radius 2 is 1.96 bits per heavy atom. The molecule has 0 saturated carbocycles. The highest BCUT2D eigenvalue weighted by atomic mass is 19.1. The van der Waals surface area contributed by atoms with Crippen molar-refractivity contribution < 1.29 is 9.18 Å². The van der Waals surface area contributed by atoms with Crippen LogP contribution in [0.5, 0.6) is 0 Å². The van der Waals surface area contributed by atoms with Crippen molar-refractivity contribution in [3.05, 3.63) is 71.7 Å². The number of halogens is 1. The Labute approximate surface area is 150 Å². The number of aromatic nitrogens is 3. The van der Waals surface area contributed by atoms with Gasteiger partial charge in [-0.15, -0.1) is 5.10 Å². The molecule has 0 saturated heterocycles. The van der Waals surface area contributed by atoms with Gasteiger partial charge in [-0.2, -0.15) is 10.1 Å². The van der Waals surface area contributed by atoms with Crippen molar-refractivity contribution in [3.63, 3.8) is 0 Å². The zero-order valence-corrected chi connectivity index (χ0v) is 14.2. The maximum Gasteiger partial charge on any atom is 0.244 e. The van der Waals surface area contributed by atoms with Crippen LogP contribution >= 0.6 is 0 Å². The zero-order valence-electron chi connectivity index (χ0n) is 14.2. The van der Waals surface area contributed by atoms with Crippen LogP contribution in [0.25, 0.3) is 0 Å². The molecule has 6 nitrogen and oxygen atoms in total. The number of benzene rings is 2. The van der Waals surface area contributed by atoms with E-state index in [0.717, 1.165) is 11.3 Å². The first-order valence-electron chi connectivity index (χ1n) is 8.16. The maximum atomic E-state index is 12.9. The van der Waals surface area contributed by atoms with Gasteiger partial charge in [-0.3, -0.25) is 4.79 Å². The van der Waals surface area contributed by atoms with Gasteiger partial charge in [-0.05, 0) is 43.2 Å². The molecule has 0 fully saturated rings. The molecule has 0 spiro atoms. The van der Waals surface area contributed by atoms with Gasteiger partial charge in [0, 0.05) is 17.8 Å². The molecular weight excluding hydrogens is 333 g/mol. The van der Waals surface area contributed by atoms with Gasteiger partial charge in [-0.1, -0.05) is 24.3 Å². The van der Waals surface area contributed by atoms with E-state index in [0.29, 0.717) is 30.3 Å². The predicted octanol–water partition coefficient (Wildman–Crippen LogP) is 3.61. The lowest BCUT2D eigenvalue weighted by Gasteiger charge is -2.08. The van der Waals surface area contributed by atoms with Gasteiger partial charge in [0.05, 0.1) is 6.20 Å². The normalized spacial score (nSPS) is 10.4. The lowest BCUT2D eigenvalue weighted by atomic mass is 10.1. The highest BCUT2D eigenvalue weighted by Crippen LogP contribution is 2.16. The van der Waals surface area contributed by atoms with Crippen LogP contribution < -0.4 is 10.6 Å². The van der Waals surface area contributed by atoms with E-state index in [1.54, 1.807) is 30.3 Å². The second-order valence-corrected chi connectivity index (χ2v) is 5.73. The van der Waals surface area contributed by atoms with Crippen LogP contribution in [0.3, 0.4) is 0 Å². The van der Waals surface area contributed by atoms with Crippen molar-refractivity contribution >= 4 is 23.2 Å². The van der Waals surface area contributed by atoms with Gasteiger partial charge < -0.3 is 10.6 Å². The average molecular weight is 351 g/mol. The van der Waals surface area contributed by atoms with E-state index in [9.17, 15) is 9.18 Å². The van der Waals surface area contributed by atoms with Crippen LogP contribution in [0.1, 0.15) is 22.8 Å². The third-order valence-corrected chi connectivity index (χ3v) is 3.71. The summed E-state index contributed by atoms with van der Waals surface area (Å²) in [6.45, 7) is 2.12. The summed E-state index contributed by atoms with van der Waals surface area (Å²) in [5.74, 6) is 0.657. The molecule has 0 aliphatic heterocycles. The van der Waals surface area contributed by atoms with Gasteiger partial charge in [0.1, 0.15) is 5.82 Å². The number of hydrogen-bond donors (Lipinski definition) is 2. The van der Waals surface area contributed by atoms with E-state index in [1.165, 1.54) is 25.3 Å². The molecule has 3 rings (SSSR count). The molecule has 132 valence electrons. The fraction of sp³-hybridized carbons (Fsp3) is 0.158. The van der Waals surface area contributed by atoms with Crippen molar-refractivity contribution in [2.45, 2.75) is 13.3 Å². The Morgan fingerprint density at radius 3 is 2.73 bits per heavy atom. The smallest absolute Gasteiger partial charge is 0.244 e. The third-order valence-electron chi connectivity index (χ3n) is 3.71. The highest BCUT2D eigenvalue weighted by molar-refractivity contribution is 5.95. The summed E-state index contributed by atoms with van der Waals surface area (Å²) in [5, 5.41) is 14.1. The van der Waals surface area contributed by atoms with Crippen molar-refractivity contribution in [2.24, 2.45) is 0 Å². The van der Waals surface area contributed by atoms with E-state index < -0.39 is 0 Å². The zero-order chi connectivity index (χ0) is 18.4. The molecule has 0 amide bonds. The highest BCUT2D eigenvalue weighted by Gasteiger charge is 2.04. The third kappa shape index (κ3) is 4.83. The molecular formula is C19H18FN5O. The second kappa shape index (κ2) is 8.15. The Balaban J connectivity index is 1.60. The molecule has 0 radical (unpaired) electrons. The summed E-state index contributed by atoms with van der Waals surface area (Å²) >= 11 is 0. The maximum absolute atomic E-state index is 12.9. The van der Waals surface area contributed by atoms with E-state index in [-0.39, 0.29) is 11.6 Å². The second-order valence-electron chi connectivity index (χ2n) is 5.73. The van der Waals surface area contributed by atoms with Crippen molar-refractivity contribution in [1.29, 1.82) is 0 Å². The number of hydrogen-bond acceptors (Lipinski definition) is 6. The predicted molar refractivity (Wildman–Crippen MR) is 98.1 cm³/mol. The fourth-order valence-corrected chi connectivity index (χ4v) is 2.37. The van der Waals surface area contributed by atoms with E-state index >= 15 is 0 Å². The molecule has 0 unspecified atom stereocenters. The summed E-state index contributed by atoms with van der Waals surface area (Å²) in [4.78, 5) is 15.8. The standard InChI is InChI=1S/C19H18FN5O/c1-13(26)15-3-2-4-17(11-15)23-18-12-22-25-19(24-18)21-10-9-14-5-7-16(20)8-6-14/h2-8,11-12H,9-10H2,1H3,(H2,21,23,24,25). The Hall–Kier alpha value is -3.35. The number of ketones is 1. The van der Waals surface area contributed by atoms with Crippen LogP contribution in [0.15, 0.2) is 54.7 Å². The monoisotopic (exact) mass is 351 g/mol. The minimum Gasteiger partial charge on any atom is -0.353 e. The molecule has 0 aliphatic rings. The summed E-state index contributed by atoms with van der Waals surface area (Å²) < 4.78 is 12.9. The Kier molecular flexibility index (Phi) is 5.48. The minimum atomic E-state index is -0.248. The van der Waals surface area contributed by atoms with Crippen LogP contribution in [-0.4, -0.2) is 27.5 Å². The van der Waals surface area contributed by atoms with Crippen molar-refractivity contribution in [1.82, 2.24) is 15.2 Å². The number of carbonyl (C=O) groups excluding carboxylic acids is 1. The summed E-state index contributed by atoms with van der Waals surface area (Å²) in [7, 11) is 0. The average Bonchev–Trinajstić information content (AvgIpc) is 2.64. The number of Topliss-reactive ketones (excluding diaryl/α,β-unsaturated/α-hetero) is 1. The molecule has 0 aliphatic carbocycles. The molecule has 3 aromatic rings. The number of carbonyl (C=O) groups is 1. The number of nitrogens with zero attached hydrogens (tertiary/aromatic N) is 3. The Bertz CT molecular complexity index is 898. The molecule has 0 bridgehead atoms. The van der Waals surface area contributed by atoms with Crippen molar-refractivity contribution in [3.8, 4) is 0 Å².